The molecule has 122 valence electrons. The number of nitrogens with one attached hydrogen (secondary N) is 1. The summed E-state index contributed by atoms with van der Waals surface area (Å²) in [5, 5.41) is 12.2. The molecule has 0 saturated heterocycles. The first-order valence-corrected chi connectivity index (χ1v) is 9.30. The Morgan fingerprint density at radius 2 is 2.13 bits per heavy atom. The standard InChI is InChI=1S/C15H17ClN4OS2/c1-2-8-20-11-18-19-15(20)23-10-14(21)17-7-9-22-13-5-3-12(16)4-6-13/h2-6,11H,1,7-10H2,(H,17,21). The second-order valence-corrected chi connectivity index (χ2v) is 7.04. The molecule has 1 aromatic carbocycles. The average molecular weight is 369 g/mol. The monoisotopic (exact) mass is 368 g/mol. The Labute approximate surface area is 148 Å². The number of carbonyl (C=O) groups is 1. The molecule has 0 aliphatic heterocycles. The van der Waals surface area contributed by atoms with Crippen LogP contribution in [-0.2, 0) is 11.3 Å². The minimum Gasteiger partial charge on any atom is -0.355 e. The van der Waals surface area contributed by atoms with Gasteiger partial charge in [-0.2, -0.15) is 0 Å². The maximum Gasteiger partial charge on any atom is 0.230 e. The number of carbonyl (C=O) groups excluding carboxylic acids is 1. The Morgan fingerprint density at radius 3 is 2.87 bits per heavy atom. The summed E-state index contributed by atoms with van der Waals surface area (Å²) in [7, 11) is 0. The van der Waals surface area contributed by atoms with Crippen molar-refractivity contribution in [1.29, 1.82) is 0 Å². The van der Waals surface area contributed by atoms with Gasteiger partial charge in [0.1, 0.15) is 6.33 Å². The molecular formula is C15H17ClN4OS2. The van der Waals surface area contributed by atoms with Crippen LogP contribution in [0.5, 0.6) is 0 Å². The van der Waals surface area contributed by atoms with E-state index in [2.05, 4.69) is 22.1 Å². The highest BCUT2D eigenvalue weighted by molar-refractivity contribution is 7.99. The molecule has 0 atom stereocenters. The van der Waals surface area contributed by atoms with Gasteiger partial charge in [0.25, 0.3) is 0 Å². The second kappa shape index (κ2) is 9.64. The molecule has 0 bridgehead atoms. The van der Waals surface area contributed by atoms with Crippen LogP contribution in [0, 0.1) is 0 Å². The number of aromatic nitrogens is 3. The van der Waals surface area contributed by atoms with E-state index < -0.39 is 0 Å². The number of allylic oxidation sites excluding steroid dienone is 1. The Balaban J connectivity index is 1.64. The van der Waals surface area contributed by atoms with Gasteiger partial charge in [0, 0.05) is 28.8 Å². The number of hydrogen-bond acceptors (Lipinski definition) is 5. The van der Waals surface area contributed by atoms with Gasteiger partial charge in [-0.1, -0.05) is 29.4 Å². The Kier molecular flexibility index (Phi) is 7.51. The van der Waals surface area contributed by atoms with Gasteiger partial charge in [-0.05, 0) is 24.3 Å². The summed E-state index contributed by atoms with van der Waals surface area (Å²) in [5.74, 6) is 1.12. The third-order valence-corrected chi connectivity index (χ3v) is 4.99. The normalized spacial score (nSPS) is 10.5. The largest absolute Gasteiger partial charge is 0.355 e. The summed E-state index contributed by atoms with van der Waals surface area (Å²) in [6.07, 6.45) is 3.39. The third kappa shape index (κ3) is 6.29. The lowest BCUT2D eigenvalue weighted by atomic mass is 10.4. The van der Waals surface area contributed by atoms with Crippen LogP contribution in [-0.4, -0.2) is 38.7 Å². The van der Waals surface area contributed by atoms with Gasteiger partial charge in [0.05, 0.1) is 5.75 Å². The molecule has 2 aromatic rings. The van der Waals surface area contributed by atoms with Crippen LogP contribution >= 0.6 is 35.1 Å². The number of halogens is 1. The maximum absolute atomic E-state index is 11.8. The van der Waals surface area contributed by atoms with Crippen molar-refractivity contribution in [3.05, 3.63) is 48.3 Å². The molecule has 1 amide bonds. The van der Waals surface area contributed by atoms with Crippen LogP contribution in [0.4, 0.5) is 0 Å². The van der Waals surface area contributed by atoms with Crippen molar-refractivity contribution in [2.45, 2.75) is 16.6 Å². The highest BCUT2D eigenvalue weighted by Gasteiger charge is 2.07. The van der Waals surface area contributed by atoms with Crippen molar-refractivity contribution in [3.63, 3.8) is 0 Å². The van der Waals surface area contributed by atoms with Crippen LogP contribution in [0.3, 0.4) is 0 Å². The van der Waals surface area contributed by atoms with E-state index in [1.807, 2.05) is 28.8 Å². The fourth-order valence-electron chi connectivity index (χ4n) is 1.69. The molecule has 1 aromatic heterocycles. The van der Waals surface area contributed by atoms with Crippen LogP contribution in [0.2, 0.25) is 5.02 Å². The van der Waals surface area contributed by atoms with Crippen molar-refractivity contribution >= 4 is 41.0 Å². The zero-order valence-electron chi connectivity index (χ0n) is 12.4. The molecule has 23 heavy (non-hydrogen) atoms. The van der Waals surface area contributed by atoms with E-state index >= 15 is 0 Å². The van der Waals surface area contributed by atoms with Crippen LogP contribution < -0.4 is 5.32 Å². The molecule has 1 N–H and O–H groups in total. The minimum absolute atomic E-state index is 0.0140. The van der Waals surface area contributed by atoms with Gasteiger partial charge < -0.3 is 9.88 Å². The SMILES string of the molecule is C=CCn1cnnc1SCC(=O)NCCSc1ccc(Cl)cc1. The molecule has 0 unspecified atom stereocenters. The second-order valence-electron chi connectivity index (χ2n) is 4.50. The lowest BCUT2D eigenvalue weighted by molar-refractivity contribution is -0.118. The van der Waals surface area contributed by atoms with Crippen molar-refractivity contribution in [1.82, 2.24) is 20.1 Å². The summed E-state index contributed by atoms with van der Waals surface area (Å²) < 4.78 is 1.85. The quantitative estimate of drug-likeness (QED) is 0.418. The van der Waals surface area contributed by atoms with Gasteiger partial charge in [-0.15, -0.1) is 28.5 Å². The molecule has 0 saturated carbocycles. The van der Waals surface area contributed by atoms with E-state index in [0.29, 0.717) is 18.8 Å². The number of nitrogens with zero attached hydrogens (tertiary/aromatic N) is 3. The number of benzene rings is 1. The van der Waals surface area contributed by atoms with E-state index in [9.17, 15) is 4.79 Å². The van der Waals surface area contributed by atoms with E-state index in [1.165, 1.54) is 11.8 Å². The van der Waals surface area contributed by atoms with Gasteiger partial charge in [-0.3, -0.25) is 4.79 Å². The molecule has 5 nitrogen and oxygen atoms in total. The van der Waals surface area contributed by atoms with Crippen molar-refractivity contribution in [3.8, 4) is 0 Å². The molecule has 1 heterocycles. The molecule has 2 rings (SSSR count). The lowest BCUT2D eigenvalue weighted by Gasteiger charge is -2.06. The Hall–Kier alpha value is -1.44. The molecule has 0 spiro atoms. The summed E-state index contributed by atoms with van der Waals surface area (Å²) in [5.41, 5.74) is 0. The average Bonchev–Trinajstić information content (AvgIpc) is 2.99. The van der Waals surface area contributed by atoms with Crippen LogP contribution in [0.25, 0.3) is 0 Å². The summed E-state index contributed by atoms with van der Waals surface area (Å²) in [4.78, 5) is 13.0. The molecular weight excluding hydrogens is 352 g/mol. The number of thioether (sulfide) groups is 2. The van der Waals surface area contributed by atoms with Gasteiger partial charge in [-0.25, -0.2) is 0 Å². The van der Waals surface area contributed by atoms with E-state index in [1.54, 1.807) is 24.2 Å². The first kappa shape index (κ1) is 17.9. The third-order valence-electron chi connectivity index (χ3n) is 2.74. The minimum atomic E-state index is -0.0140. The predicted octanol–water partition coefficient (Wildman–Crippen LogP) is 3.12. The van der Waals surface area contributed by atoms with Crippen molar-refractivity contribution < 1.29 is 4.79 Å². The smallest absolute Gasteiger partial charge is 0.230 e. The number of amides is 1. The van der Waals surface area contributed by atoms with E-state index in [-0.39, 0.29) is 5.91 Å². The highest BCUT2D eigenvalue weighted by Crippen LogP contribution is 2.19. The molecule has 0 aliphatic rings. The van der Waals surface area contributed by atoms with Crippen molar-refractivity contribution in [2.75, 3.05) is 18.1 Å². The summed E-state index contributed by atoms with van der Waals surface area (Å²) in [6.45, 7) is 4.93. The van der Waals surface area contributed by atoms with Crippen LogP contribution in [0.15, 0.2) is 53.3 Å². The number of rotatable bonds is 9. The first-order chi connectivity index (χ1) is 11.2. The fraction of sp³-hybridized carbons (Fsp3) is 0.267. The fourth-order valence-corrected chi connectivity index (χ4v) is 3.34. The summed E-state index contributed by atoms with van der Waals surface area (Å²) >= 11 is 8.88. The first-order valence-electron chi connectivity index (χ1n) is 6.95. The topological polar surface area (TPSA) is 59.8 Å². The highest BCUT2D eigenvalue weighted by atomic mass is 35.5. The van der Waals surface area contributed by atoms with Gasteiger partial charge in [0.15, 0.2) is 5.16 Å². The van der Waals surface area contributed by atoms with Crippen LogP contribution in [0.1, 0.15) is 0 Å². The maximum atomic E-state index is 11.8. The zero-order valence-corrected chi connectivity index (χ0v) is 14.8. The lowest BCUT2D eigenvalue weighted by Crippen LogP contribution is -2.27. The molecule has 8 heteroatoms. The Morgan fingerprint density at radius 1 is 1.35 bits per heavy atom. The predicted molar refractivity (Wildman–Crippen MR) is 96.1 cm³/mol. The number of hydrogen-bond donors (Lipinski definition) is 1. The van der Waals surface area contributed by atoms with Gasteiger partial charge >= 0.3 is 0 Å². The van der Waals surface area contributed by atoms with E-state index in [4.69, 9.17) is 11.6 Å². The summed E-state index contributed by atoms with van der Waals surface area (Å²) in [6, 6.07) is 7.66. The Bertz CT molecular complexity index is 645. The van der Waals surface area contributed by atoms with E-state index in [0.717, 1.165) is 20.8 Å². The molecule has 0 aliphatic carbocycles. The molecule has 0 radical (unpaired) electrons. The zero-order chi connectivity index (χ0) is 16.5. The van der Waals surface area contributed by atoms with Gasteiger partial charge in [0.2, 0.25) is 5.91 Å². The molecule has 0 fully saturated rings. The van der Waals surface area contributed by atoms with Crippen molar-refractivity contribution in [2.24, 2.45) is 0 Å².